The molecule has 1 fully saturated rings. The molecule has 7 heteroatoms. The van der Waals surface area contributed by atoms with E-state index in [-0.39, 0.29) is 17.6 Å². The van der Waals surface area contributed by atoms with Gasteiger partial charge in [-0.05, 0) is 55.8 Å². The zero-order valence-corrected chi connectivity index (χ0v) is 16.7. The molecule has 2 aromatic rings. The third-order valence-corrected chi connectivity index (χ3v) is 4.91. The van der Waals surface area contributed by atoms with E-state index in [1.165, 1.54) is 12.1 Å². The summed E-state index contributed by atoms with van der Waals surface area (Å²) in [5.74, 6) is 1.13. The zero-order chi connectivity index (χ0) is 20.8. The van der Waals surface area contributed by atoms with Crippen molar-refractivity contribution in [2.75, 3.05) is 33.3 Å². The Morgan fingerprint density at radius 2 is 1.66 bits per heavy atom. The molecule has 1 atom stereocenters. The molecule has 1 heterocycles. The normalized spacial score (nSPS) is 15.4. The van der Waals surface area contributed by atoms with E-state index in [1.54, 1.807) is 60.2 Å². The van der Waals surface area contributed by atoms with Crippen LogP contribution in [-0.2, 0) is 4.79 Å². The Labute approximate surface area is 170 Å². The van der Waals surface area contributed by atoms with Crippen LogP contribution in [0.5, 0.6) is 17.2 Å². The lowest BCUT2D eigenvalue weighted by Crippen LogP contribution is -2.43. The van der Waals surface area contributed by atoms with Crippen LogP contribution in [0.3, 0.4) is 0 Å². The first kappa shape index (κ1) is 20.5. The van der Waals surface area contributed by atoms with Gasteiger partial charge < -0.3 is 24.4 Å². The van der Waals surface area contributed by atoms with Gasteiger partial charge >= 0.3 is 0 Å². The molecule has 2 amide bonds. The number of amides is 2. The summed E-state index contributed by atoms with van der Waals surface area (Å²) in [5, 5.41) is 9.35. The molecule has 0 aliphatic carbocycles. The highest BCUT2D eigenvalue weighted by atomic mass is 16.5. The quantitative estimate of drug-likeness (QED) is 0.837. The molecule has 0 aromatic heterocycles. The molecule has 1 unspecified atom stereocenters. The SMILES string of the molecule is COc1cccc(C(=O)N2CCCN(C(=O)C(C)Oc3ccc(O)cc3)CC2)c1. The van der Waals surface area contributed by atoms with Gasteiger partial charge in [-0.15, -0.1) is 0 Å². The van der Waals surface area contributed by atoms with Crippen molar-refractivity contribution < 1.29 is 24.2 Å². The second-order valence-electron chi connectivity index (χ2n) is 6.96. The summed E-state index contributed by atoms with van der Waals surface area (Å²) in [6.45, 7) is 3.79. The average molecular weight is 398 g/mol. The van der Waals surface area contributed by atoms with E-state index in [0.29, 0.717) is 49.7 Å². The molecule has 154 valence electrons. The van der Waals surface area contributed by atoms with Crippen LogP contribution in [0.2, 0.25) is 0 Å². The van der Waals surface area contributed by atoms with Gasteiger partial charge in [0.15, 0.2) is 6.10 Å². The lowest BCUT2D eigenvalue weighted by Gasteiger charge is -2.25. The van der Waals surface area contributed by atoms with Crippen molar-refractivity contribution in [2.45, 2.75) is 19.4 Å². The zero-order valence-electron chi connectivity index (χ0n) is 16.7. The number of rotatable bonds is 5. The lowest BCUT2D eigenvalue weighted by atomic mass is 10.2. The van der Waals surface area contributed by atoms with Crippen LogP contribution in [0, 0.1) is 0 Å². The molecule has 1 saturated heterocycles. The predicted octanol–water partition coefficient (Wildman–Crippen LogP) is 2.54. The molecule has 3 rings (SSSR count). The van der Waals surface area contributed by atoms with Crippen molar-refractivity contribution in [3.63, 3.8) is 0 Å². The average Bonchev–Trinajstić information content (AvgIpc) is 3.00. The van der Waals surface area contributed by atoms with Crippen LogP contribution in [-0.4, -0.2) is 66.1 Å². The number of nitrogens with zero attached hydrogens (tertiary/aromatic N) is 2. The maximum Gasteiger partial charge on any atom is 0.263 e. The molecule has 2 aromatic carbocycles. The number of carbonyl (C=O) groups excluding carboxylic acids is 2. The fourth-order valence-electron chi connectivity index (χ4n) is 3.32. The molecular weight excluding hydrogens is 372 g/mol. The minimum atomic E-state index is -0.653. The highest BCUT2D eigenvalue weighted by molar-refractivity contribution is 5.94. The largest absolute Gasteiger partial charge is 0.508 e. The molecule has 1 aliphatic rings. The molecule has 0 spiro atoms. The second kappa shape index (κ2) is 9.32. The topological polar surface area (TPSA) is 79.3 Å². The monoisotopic (exact) mass is 398 g/mol. The number of phenols is 1. The van der Waals surface area contributed by atoms with Gasteiger partial charge in [0, 0.05) is 31.7 Å². The summed E-state index contributed by atoms with van der Waals surface area (Å²) < 4.78 is 10.9. The van der Waals surface area contributed by atoms with Crippen molar-refractivity contribution in [3.8, 4) is 17.2 Å². The number of methoxy groups -OCH3 is 1. The summed E-state index contributed by atoms with van der Waals surface area (Å²) in [6, 6.07) is 13.4. The van der Waals surface area contributed by atoms with Crippen LogP contribution in [0.4, 0.5) is 0 Å². The fourth-order valence-corrected chi connectivity index (χ4v) is 3.32. The van der Waals surface area contributed by atoms with Crippen molar-refractivity contribution in [1.29, 1.82) is 0 Å². The number of ether oxygens (including phenoxy) is 2. The van der Waals surface area contributed by atoms with Gasteiger partial charge in [0.05, 0.1) is 7.11 Å². The minimum Gasteiger partial charge on any atom is -0.508 e. The summed E-state index contributed by atoms with van der Waals surface area (Å²) in [4.78, 5) is 29.1. The van der Waals surface area contributed by atoms with Crippen molar-refractivity contribution in [1.82, 2.24) is 9.80 Å². The summed E-state index contributed by atoms with van der Waals surface area (Å²) in [7, 11) is 1.57. The highest BCUT2D eigenvalue weighted by Crippen LogP contribution is 2.19. The third kappa shape index (κ3) is 5.19. The maximum absolute atomic E-state index is 12.8. The van der Waals surface area contributed by atoms with Gasteiger partial charge in [-0.3, -0.25) is 9.59 Å². The van der Waals surface area contributed by atoms with Gasteiger partial charge in [0.25, 0.3) is 11.8 Å². The number of aromatic hydroxyl groups is 1. The van der Waals surface area contributed by atoms with Gasteiger partial charge in [0.2, 0.25) is 0 Å². The Morgan fingerprint density at radius 1 is 0.966 bits per heavy atom. The van der Waals surface area contributed by atoms with Crippen molar-refractivity contribution >= 4 is 11.8 Å². The molecule has 0 bridgehead atoms. The van der Waals surface area contributed by atoms with E-state index in [9.17, 15) is 14.7 Å². The van der Waals surface area contributed by atoms with Gasteiger partial charge in [-0.25, -0.2) is 0 Å². The van der Waals surface area contributed by atoms with E-state index in [2.05, 4.69) is 0 Å². The van der Waals surface area contributed by atoms with E-state index >= 15 is 0 Å². The Balaban J connectivity index is 1.59. The standard InChI is InChI=1S/C22H26N2O5/c1-16(29-19-9-7-18(25)8-10-19)21(26)23-11-4-12-24(14-13-23)22(27)17-5-3-6-20(15-17)28-2/h3,5-10,15-16,25H,4,11-14H2,1-2H3. The molecule has 29 heavy (non-hydrogen) atoms. The molecule has 7 nitrogen and oxygen atoms in total. The number of carbonyl (C=O) groups is 2. The fraction of sp³-hybridized carbons (Fsp3) is 0.364. The van der Waals surface area contributed by atoms with E-state index in [4.69, 9.17) is 9.47 Å². The van der Waals surface area contributed by atoms with Crippen LogP contribution in [0.15, 0.2) is 48.5 Å². The number of phenolic OH excluding ortho intramolecular Hbond substituents is 1. The summed E-state index contributed by atoms with van der Waals surface area (Å²) in [5.41, 5.74) is 0.577. The predicted molar refractivity (Wildman–Crippen MR) is 108 cm³/mol. The lowest BCUT2D eigenvalue weighted by molar-refractivity contribution is -0.137. The van der Waals surface area contributed by atoms with Crippen LogP contribution in [0.1, 0.15) is 23.7 Å². The smallest absolute Gasteiger partial charge is 0.263 e. The van der Waals surface area contributed by atoms with E-state index in [1.807, 2.05) is 0 Å². The Hall–Kier alpha value is -3.22. The summed E-state index contributed by atoms with van der Waals surface area (Å²) in [6.07, 6.45) is 0.0492. The first-order valence-corrected chi connectivity index (χ1v) is 9.65. The Bertz CT molecular complexity index is 853. The first-order chi connectivity index (χ1) is 14.0. The molecule has 1 aliphatic heterocycles. The second-order valence-corrected chi connectivity index (χ2v) is 6.96. The minimum absolute atomic E-state index is 0.0633. The Kier molecular flexibility index (Phi) is 6.59. The van der Waals surface area contributed by atoms with Gasteiger partial charge in [-0.2, -0.15) is 0 Å². The first-order valence-electron chi connectivity index (χ1n) is 9.65. The molecular formula is C22H26N2O5. The third-order valence-electron chi connectivity index (χ3n) is 4.91. The molecule has 1 N–H and O–H groups in total. The van der Waals surface area contributed by atoms with Crippen LogP contribution < -0.4 is 9.47 Å². The molecule has 0 radical (unpaired) electrons. The number of benzene rings is 2. The Morgan fingerprint density at radius 3 is 2.38 bits per heavy atom. The van der Waals surface area contributed by atoms with Crippen molar-refractivity contribution in [3.05, 3.63) is 54.1 Å². The highest BCUT2D eigenvalue weighted by Gasteiger charge is 2.26. The number of hydrogen-bond donors (Lipinski definition) is 1. The van der Waals surface area contributed by atoms with Crippen LogP contribution >= 0.6 is 0 Å². The number of hydrogen-bond acceptors (Lipinski definition) is 5. The molecule has 0 saturated carbocycles. The maximum atomic E-state index is 12.8. The van der Waals surface area contributed by atoms with Crippen molar-refractivity contribution in [2.24, 2.45) is 0 Å². The summed E-state index contributed by atoms with van der Waals surface area (Å²) >= 11 is 0. The van der Waals surface area contributed by atoms with Gasteiger partial charge in [-0.1, -0.05) is 6.07 Å². The van der Waals surface area contributed by atoms with E-state index < -0.39 is 6.10 Å². The van der Waals surface area contributed by atoms with Crippen LogP contribution in [0.25, 0.3) is 0 Å². The van der Waals surface area contributed by atoms with Gasteiger partial charge in [0.1, 0.15) is 17.2 Å². The van der Waals surface area contributed by atoms with E-state index in [0.717, 1.165) is 0 Å².